The number of rotatable bonds is 6. The lowest BCUT2D eigenvalue weighted by molar-refractivity contribution is -0.00635. The zero-order valence-electron chi connectivity index (χ0n) is 20.7. The van der Waals surface area contributed by atoms with Crippen LogP contribution in [0.15, 0.2) is 60.7 Å². The van der Waals surface area contributed by atoms with Crippen molar-refractivity contribution in [1.82, 2.24) is 0 Å². The molecule has 2 aliphatic rings. The van der Waals surface area contributed by atoms with Gasteiger partial charge in [-0.15, -0.1) is 0 Å². The Morgan fingerprint density at radius 2 is 1.00 bits per heavy atom. The molecule has 0 saturated carbocycles. The smallest absolute Gasteiger partial charge is 0.118 e. The van der Waals surface area contributed by atoms with E-state index in [4.69, 9.17) is 9.47 Å². The van der Waals surface area contributed by atoms with Crippen LogP contribution in [0.3, 0.4) is 0 Å². The molecular formula is C27H41O2Si3. The monoisotopic (exact) mass is 481 g/mol. The highest BCUT2D eigenvalue weighted by atomic mass is 28.4. The van der Waals surface area contributed by atoms with Crippen molar-refractivity contribution in [3.63, 3.8) is 0 Å². The van der Waals surface area contributed by atoms with Gasteiger partial charge in [-0.05, 0) is 38.5 Å². The van der Waals surface area contributed by atoms with E-state index in [0.29, 0.717) is 0 Å². The summed E-state index contributed by atoms with van der Waals surface area (Å²) in [5.74, 6) is 0. The fourth-order valence-electron chi connectivity index (χ4n) is 6.61. The van der Waals surface area contributed by atoms with Crippen molar-refractivity contribution in [2.75, 3.05) is 13.2 Å². The van der Waals surface area contributed by atoms with Crippen molar-refractivity contribution < 1.29 is 9.47 Å². The van der Waals surface area contributed by atoms with Crippen LogP contribution in [0.1, 0.15) is 38.5 Å². The van der Waals surface area contributed by atoms with Gasteiger partial charge in [0.2, 0.25) is 0 Å². The van der Waals surface area contributed by atoms with Gasteiger partial charge < -0.3 is 9.47 Å². The average molecular weight is 482 g/mol. The topological polar surface area (TPSA) is 18.5 Å². The number of benzene rings is 2. The van der Waals surface area contributed by atoms with E-state index in [1.165, 1.54) is 48.9 Å². The Bertz CT molecular complexity index is 797. The van der Waals surface area contributed by atoms with Crippen molar-refractivity contribution in [2.24, 2.45) is 0 Å². The molecule has 2 aliphatic heterocycles. The van der Waals surface area contributed by atoms with E-state index in [0.717, 1.165) is 13.2 Å². The molecule has 2 aromatic rings. The number of hydrogen-bond donors (Lipinski definition) is 0. The molecule has 0 aliphatic carbocycles. The van der Waals surface area contributed by atoms with E-state index in [9.17, 15) is 0 Å². The summed E-state index contributed by atoms with van der Waals surface area (Å²) in [6.45, 7) is 14.7. The van der Waals surface area contributed by atoms with Gasteiger partial charge in [0, 0.05) is 13.2 Å². The van der Waals surface area contributed by atoms with Gasteiger partial charge >= 0.3 is 0 Å². The van der Waals surface area contributed by atoms with E-state index >= 15 is 0 Å². The molecule has 173 valence electrons. The van der Waals surface area contributed by atoms with E-state index < -0.39 is 24.9 Å². The number of hydrogen-bond acceptors (Lipinski definition) is 2. The van der Waals surface area contributed by atoms with Crippen LogP contribution < -0.4 is 10.4 Å². The lowest BCUT2D eigenvalue weighted by Gasteiger charge is -2.60. The first-order chi connectivity index (χ1) is 15.3. The maximum Gasteiger partial charge on any atom is 0.118 e. The Kier molecular flexibility index (Phi) is 7.05. The molecule has 4 rings (SSSR count). The fraction of sp³-hybridized carbons (Fsp3) is 0.556. The van der Waals surface area contributed by atoms with Crippen molar-refractivity contribution in [3.8, 4) is 0 Å². The highest BCUT2D eigenvalue weighted by Gasteiger charge is 2.64. The van der Waals surface area contributed by atoms with Crippen LogP contribution in [0.2, 0.25) is 32.7 Å². The molecule has 0 N–H and O–H groups in total. The minimum Gasteiger partial charge on any atom is -0.381 e. The molecule has 2 unspecified atom stereocenters. The van der Waals surface area contributed by atoms with Gasteiger partial charge in [-0.1, -0.05) is 104 Å². The van der Waals surface area contributed by atoms with E-state index in [1.54, 1.807) is 0 Å². The second kappa shape index (κ2) is 9.34. The summed E-state index contributed by atoms with van der Waals surface area (Å²) in [4.78, 5) is -0.0126. The third-order valence-electron chi connectivity index (χ3n) is 8.76. The third kappa shape index (κ3) is 3.84. The fourth-order valence-corrected chi connectivity index (χ4v) is 24.5. The Morgan fingerprint density at radius 3 is 1.31 bits per heavy atom. The van der Waals surface area contributed by atoms with Gasteiger partial charge in [-0.2, -0.15) is 0 Å². The average Bonchev–Trinajstić information content (AvgIpc) is 2.85. The second-order valence-corrected chi connectivity index (χ2v) is 24.0. The molecule has 5 heteroatoms. The normalized spacial score (nSPS) is 27.4. The Balaban J connectivity index is 1.86. The molecule has 2 fully saturated rings. The molecule has 32 heavy (non-hydrogen) atoms. The van der Waals surface area contributed by atoms with Gasteiger partial charge in [-0.25, -0.2) is 0 Å². The van der Waals surface area contributed by atoms with Gasteiger partial charge in [0.15, 0.2) is 0 Å². The van der Waals surface area contributed by atoms with Gasteiger partial charge in [0.1, 0.15) is 24.9 Å². The zero-order valence-corrected chi connectivity index (χ0v) is 23.7. The molecule has 2 aromatic carbocycles. The van der Waals surface area contributed by atoms with Gasteiger partial charge in [0.05, 0.1) is 9.70 Å². The largest absolute Gasteiger partial charge is 0.381 e. The van der Waals surface area contributed by atoms with Crippen molar-refractivity contribution >= 4 is 35.3 Å². The van der Waals surface area contributed by atoms with Crippen LogP contribution in [0.4, 0.5) is 0 Å². The van der Waals surface area contributed by atoms with Crippen LogP contribution in [0.5, 0.6) is 0 Å². The molecule has 0 bridgehead atoms. The highest BCUT2D eigenvalue weighted by molar-refractivity contribution is 7.08. The predicted octanol–water partition coefficient (Wildman–Crippen LogP) is 5.38. The Morgan fingerprint density at radius 1 is 0.625 bits per heavy atom. The van der Waals surface area contributed by atoms with Crippen LogP contribution in [0, 0.1) is 0 Å². The molecule has 2 atom stereocenters. The van der Waals surface area contributed by atoms with Crippen molar-refractivity contribution in [2.45, 2.75) is 81.0 Å². The predicted molar refractivity (Wildman–Crippen MR) is 144 cm³/mol. The summed E-state index contributed by atoms with van der Waals surface area (Å²) in [5, 5.41) is 3.08. The summed E-state index contributed by atoms with van der Waals surface area (Å²) in [7, 11) is -4.91. The maximum atomic E-state index is 7.11. The summed E-state index contributed by atoms with van der Waals surface area (Å²) in [6, 6.07) is 22.7. The molecule has 0 aromatic heterocycles. The summed E-state index contributed by atoms with van der Waals surface area (Å²) >= 11 is 0. The van der Waals surface area contributed by atoms with Gasteiger partial charge in [-0.3, -0.25) is 0 Å². The summed E-state index contributed by atoms with van der Waals surface area (Å²) in [6.07, 6.45) is 7.38. The van der Waals surface area contributed by atoms with Crippen LogP contribution >= 0.6 is 0 Å². The third-order valence-corrected chi connectivity index (χ3v) is 26.4. The standard InChI is InChI=1S/C27H41O2Si3/c1-30(26(20-12-14-22-28-26)31(2,3)24-16-8-6-9-17-24)27(21-13-15-23-29-27)32(4,5)25-18-10-7-11-19-25/h6-11,16-19H,12-15,20-23H2,1-5H3. The Labute approximate surface area is 199 Å². The minimum atomic E-state index is -1.94. The molecular weight excluding hydrogens is 441 g/mol. The molecule has 1 radical (unpaired) electrons. The number of ether oxygens (including phenoxy) is 2. The molecule has 0 amide bonds. The van der Waals surface area contributed by atoms with E-state index in [1.807, 2.05) is 0 Å². The lowest BCUT2D eigenvalue weighted by Crippen LogP contribution is -2.82. The van der Waals surface area contributed by atoms with Crippen molar-refractivity contribution in [1.29, 1.82) is 0 Å². The second-order valence-electron chi connectivity index (χ2n) is 10.9. The minimum absolute atomic E-state index is 0.00629. The summed E-state index contributed by atoms with van der Waals surface area (Å²) < 4.78 is 14.2. The van der Waals surface area contributed by atoms with Crippen LogP contribution in [0.25, 0.3) is 0 Å². The molecule has 2 saturated heterocycles. The van der Waals surface area contributed by atoms with Crippen molar-refractivity contribution in [3.05, 3.63) is 60.7 Å². The highest BCUT2D eigenvalue weighted by Crippen LogP contribution is 2.46. The molecule has 2 nitrogen and oxygen atoms in total. The zero-order chi connectivity index (χ0) is 22.9. The molecule has 0 spiro atoms. The molecule has 2 heterocycles. The maximum absolute atomic E-state index is 7.11. The Hall–Kier alpha value is -0.989. The first-order valence-corrected chi connectivity index (χ1v) is 20.5. The van der Waals surface area contributed by atoms with E-state index in [-0.39, 0.29) is 9.70 Å². The first-order valence-electron chi connectivity index (χ1n) is 12.5. The van der Waals surface area contributed by atoms with Crippen LogP contribution in [-0.2, 0) is 9.47 Å². The van der Waals surface area contributed by atoms with E-state index in [2.05, 4.69) is 93.4 Å². The SMILES string of the molecule is C[Si](C1([Si](C)(C)c2ccccc2)CCCCO1)C1([Si](C)(C)c2ccccc2)CCCCO1. The quantitative estimate of drug-likeness (QED) is 0.516. The van der Waals surface area contributed by atoms with Crippen LogP contribution in [-0.4, -0.2) is 47.9 Å². The lowest BCUT2D eigenvalue weighted by atomic mass is 10.2. The first kappa shape index (κ1) is 24.1. The van der Waals surface area contributed by atoms with Gasteiger partial charge in [0.25, 0.3) is 0 Å². The summed E-state index contributed by atoms with van der Waals surface area (Å²) in [5.41, 5.74) is 0.